The molecule has 1 aromatic heterocycles. The second-order valence-electron chi connectivity index (χ2n) is 5.30. The van der Waals surface area contributed by atoms with Crippen molar-refractivity contribution in [3.63, 3.8) is 0 Å². The number of anilines is 3. The van der Waals surface area contributed by atoms with Crippen LogP contribution in [0.15, 0.2) is 65.5 Å². The first-order valence-corrected chi connectivity index (χ1v) is 7.41. The molecule has 6 nitrogen and oxygen atoms in total. The Kier molecular flexibility index (Phi) is 4.38. The number of carbonyl (C=O) groups is 1. The number of aromatic nitrogens is 2. The number of H-pyrrole nitrogens is 1. The van der Waals surface area contributed by atoms with Gasteiger partial charge in [0.15, 0.2) is 0 Å². The van der Waals surface area contributed by atoms with Crippen LogP contribution in [0, 0.1) is 6.92 Å². The minimum Gasteiger partial charge on any atom is -0.354 e. The fraction of sp³-hybridized carbons (Fsp3) is 0.0556. The van der Waals surface area contributed by atoms with E-state index in [1.807, 2.05) is 49.4 Å². The van der Waals surface area contributed by atoms with Gasteiger partial charge < -0.3 is 10.6 Å². The van der Waals surface area contributed by atoms with Gasteiger partial charge >= 0.3 is 0 Å². The van der Waals surface area contributed by atoms with E-state index in [1.54, 1.807) is 6.07 Å². The van der Waals surface area contributed by atoms with Gasteiger partial charge in [-0.05, 0) is 37.3 Å². The number of para-hydroxylation sites is 2. The summed E-state index contributed by atoms with van der Waals surface area (Å²) in [4.78, 5) is 23.3. The van der Waals surface area contributed by atoms with Crippen LogP contribution in [0.1, 0.15) is 16.1 Å². The number of rotatable bonds is 4. The van der Waals surface area contributed by atoms with E-state index < -0.39 is 5.91 Å². The Bertz CT molecular complexity index is 896. The average Bonchev–Trinajstić information content (AvgIpc) is 2.59. The van der Waals surface area contributed by atoms with Crippen LogP contribution in [-0.2, 0) is 0 Å². The van der Waals surface area contributed by atoms with E-state index in [-0.39, 0.29) is 11.3 Å². The van der Waals surface area contributed by atoms with Gasteiger partial charge in [0.2, 0.25) is 0 Å². The molecule has 0 unspecified atom stereocenters. The molecule has 0 fully saturated rings. The number of carbonyl (C=O) groups excluding carboxylic acids is 1. The highest BCUT2D eigenvalue weighted by Crippen LogP contribution is 2.25. The number of aromatic amines is 1. The van der Waals surface area contributed by atoms with Gasteiger partial charge in [-0.25, -0.2) is 5.10 Å². The predicted octanol–water partition coefficient (Wildman–Crippen LogP) is 3.07. The molecule has 0 saturated carbocycles. The summed E-state index contributed by atoms with van der Waals surface area (Å²) in [7, 11) is 0. The van der Waals surface area contributed by atoms with Crippen LogP contribution in [0.25, 0.3) is 0 Å². The molecule has 1 heterocycles. The minimum absolute atomic E-state index is 0.139. The van der Waals surface area contributed by atoms with Crippen LogP contribution in [0.2, 0.25) is 0 Å². The Morgan fingerprint density at radius 2 is 1.67 bits per heavy atom. The molecule has 0 aliphatic carbocycles. The highest BCUT2D eigenvalue weighted by Gasteiger charge is 2.10. The lowest BCUT2D eigenvalue weighted by Crippen LogP contribution is -2.18. The monoisotopic (exact) mass is 320 g/mol. The maximum Gasteiger partial charge on any atom is 0.276 e. The third-order valence-corrected chi connectivity index (χ3v) is 3.42. The number of hydrogen-bond acceptors (Lipinski definition) is 4. The summed E-state index contributed by atoms with van der Waals surface area (Å²) < 4.78 is 0. The molecule has 0 saturated heterocycles. The summed E-state index contributed by atoms with van der Waals surface area (Å²) in [5.74, 6) is -0.399. The lowest BCUT2D eigenvalue weighted by Gasteiger charge is -2.13. The van der Waals surface area contributed by atoms with Crippen LogP contribution in [0.5, 0.6) is 0 Å². The molecule has 0 aliphatic rings. The van der Waals surface area contributed by atoms with Gasteiger partial charge in [0.25, 0.3) is 11.5 Å². The van der Waals surface area contributed by atoms with Crippen molar-refractivity contribution in [1.29, 1.82) is 0 Å². The van der Waals surface area contributed by atoms with Crippen molar-refractivity contribution < 1.29 is 4.79 Å². The number of hydrogen-bond donors (Lipinski definition) is 3. The maximum atomic E-state index is 12.3. The summed E-state index contributed by atoms with van der Waals surface area (Å²) in [5, 5.41) is 12.0. The summed E-state index contributed by atoms with van der Waals surface area (Å²) in [6, 6.07) is 18.0. The molecule has 24 heavy (non-hydrogen) atoms. The molecular formula is C18H16N4O2. The SMILES string of the molecule is Cc1ccc(Nc2ccccc2NC(=O)c2ccc(=O)[nH]n2)cc1. The first-order valence-electron chi connectivity index (χ1n) is 7.41. The van der Waals surface area contributed by atoms with Crippen LogP contribution < -0.4 is 16.2 Å². The number of amides is 1. The number of aryl methyl sites for hydroxylation is 1. The topological polar surface area (TPSA) is 86.9 Å². The van der Waals surface area contributed by atoms with E-state index in [0.717, 1.165) is 11.4 Å². The van der Waals surface area contributed by atoms with E-state index in [0.29, 0.717) is 5.69 Å². The second-order valence-corrected chi connectivity index (χ2v) is 5.30. The average molecular weight is 320 g/mol. The number of nitrogens with zero attached hydrogens (tertiary/aromatic N) is 1. The van der Waals surface area contributed by atoms with Crippen molar-refractivity contribution in [2.24, 2.45) is 0 Å². The summed E-state index contributed by atoms with van der Waals surface area (Å²) in [5.41, 5.74) is 3.26. The van der Waals surface area contributed by atoms with Gasteiger partial charge in [0.1, 0.15) is 5.69 Å². The summed E-state index contributed by atoms with van der Waals surface area (Å²) in [6.45, 7) is 2.02. The van der Waals surface area contributed by atoms with Crippen molar-refractivity contribution in [3.8, 4) is 0 Å². The Labute approximate surface area is 138 Å². The molecule has 0 aliphatic heterocycles. The van der Waals surface area contributed by atoms with E-state index in [9.17, 15) is 9.59 Å². The van der Waals surface area contributed by atoms with Crippen LogP contribution in [0.4, 0.5) is 17.1 Å². The first kappa shape index (κ1) is 15.5. The number of nitrogens with one attached hydrogen (secondary N) is 3. The van der Waals surface area contributed by atoms with Gasteiger partial charge in [-0.1, -0.05) is 29.8 Å². The zero-order valence-electron chi connectivity index (χ0n) is 13.0. The smallest absolute Gasteiger partial charge is 0.276 e. The Morgan fingerprint density at radius 3 is 2.33 bits per heavy atom. The standard InChI is InChI=1S/C18H16N4O2/c1-12-6-8-13(9-7-12)19-14-4-2-3-5-15(14)20-18(24)16-10-11-17(23)22-21-16/h2-11,19H,1H3,(H,20,24)(H,22,23). The Hall–Kier alpha value is -3.41. The first-order chi connectivity index (χ1) is 11.6. The molecule has 6 heteroatoms. The van der Waals surface area contributed by atoms with E-state index in [1.165, 1.54) is 17.7 Å². The van der Waals surface area contributed by atoms with Crippen LogP contribution in [0.3, 0.4) is 0 Å². The maximum absolute atomic E-state index is 12.3. The highest BCUT2D eigenvalue weighted by atomic mass is 16.2. The van der Waals surface area contributed by atoms with Crippen molar-refractivity contribution in [2.75, 3.05) is 10.6 Å². The van der Waals surface area contributed by atoms with Gasteiger partial charge in [-0.15, -0.1) is 0 Å². The van der Waals surface area contributed by atoms with Crippen molar-refractivity contribution in [1.82, 2.24) is 10.2 Å². The van der Waals surface area contributed by atoms with Gasteiger partial charge in [0.05, 0.1) is 11.4 Å². The van der Waals surface area contributed by atoms with Gasteiger partial charge in [-0.2, -0.15) is 5.10 Å². The Morgan fingerprint density at radius 1 is 0.958 bits per heavy atom. The molecule has 120 valence electrons. The lowest BCUT2D eigenvalue weighted by molar-refractivity contribution is 0.102. The summed E-state index contributed by atoms with van der Waals surface area (Å²) >= 11 is 0. The molecule has 0 atom stereocenters. The predicted molar refractivity (Wildman–Crippen MR) is 93.7 cm³/mol. The lowest BCUT2D eigenvalue weighted by atomic mass is 10.2. The molecule has 3 rings (SSSR count). The third kappa shape index (κ3) is 3.67. The molecule has 1 amide bonds. The van der Waals surface area contributed by atoms with E-state index >= 15 is 0 Å². The fourth-order valence-corrected chi connectivity index (χ4v) is 2.15. The van der Waals surface area contributed by atoms with Crippen LogP contribution >= 0.6 is 0 Å². The molecule has 0 radical (unpaired) electrons. The zero-order chi connectivity index (χ0) is 16.9. The van der Waals surface area contributed by atoms with Crippen molar-refractivity contribution >= 4 is 23.0 Å². The third-order valence-electron chi connectivity index (χ3n) is 3.42. The van der Waals surface area contributed by atoms with Crippen LogP contribution in [-0.4, -0.2) is 16.1 Å². The molecule has 0 bridgehead atoms. The zero-order valence-corrected chi connectivity index (χ0v) is 13.0. The molecule has 2 aromatic carbocycles. The Balaban J connectivity index is 1.81. The molecule has 3 aromatic rings. The molecular weight excluding hydrogens is 304 g/mol. The summed E-state index contributed by atoms with van der Waals surface area (Å²) in [6.07, 6.45) is 0. The quantitative estimate of drug-likeness (QED) is 0.689. The van der Waals surface area contributed by atoms with E-state index in [4.69, 9.17) is 0 Å². The fourth-order valence-electron chi connectivity index (χ4n) is 2.15. The van der Waals surface area contributed by atoms with Gasteiger partial charge in [0, 0.05) is 11.8 Å². The molecule has 3 N–H and O–H groups in total. The van der Waals surface area contributed by atoms with Crippen molar-refractivity contribution in [2.45, 2.75) is 6.92 Å². The second kappa shape index (κ2) is 6.78. The minimum atomic E-state index is -0.399. The number of benzene rings is 2. The van der Waals surface area contributed by atoms with Gasteiger partial charge in [-0.3, -0.25) is 9.59 Å². The molecule has 0 spiro atoms. The van der Waals surface area contributed by atoms with E-state index in [2.05, 4.69) is 20.8 Å². The highest BCUT2D eigenvalue weighted by molar-refractivity contribution is 6.04. The normalized spacial score (nSPS) is 10.2. The largest absolute Gasteiger partial charge is 0.354 e. The van der Waals surface area contributed by atoms with Crippen molar-refractivity contribution in [3.05, 3.63) is 82.3 Å².